The SMILES string of the molecule is O=S(=O)([O-])CN1/C(=C\c2sc3ccc(Cl)cc3[n+]2CS(=O)(=O)[O-])Sc2ccc(Cl)cc21. The lowest BCUT2D eigenvalue weighted by molar-refractivity contribution is -0.649. The average Bonchev–Trinajstić information content (AvgIpc) is 3.11. The topological polar surface area (TPSA) is 122 Å². The normalized spacial score (nSPS) is 15.7. The van der Waals surface area contributed by atoms with E-state index in [9.17, 15) is 25.9 Å². The molecular formula is C17H11Cl2N2O6S4-. The standard InChI is InChI=1S/C17H12Cl2N2O6S4/c18-10-1-3-14-12(5-10)20(8-30(22,23)24)16(28-14)7-17-21(9-31(25,26)27)13-6-11(19)2-4-15(13)29-17/h1-7H,8-9H2,(H-,22,23,24,25,26,27)/p-1. The fourth-order valence-electron chi connectivity index (χ4n) is 3.05. The summed E-state index contributed by atoms with van der Waals surface area (Å²) in [4.78, 5) is 1.97. The summed E-state index contributed by atoms with van der Waals surface area (Å²) in [5.41, 5.74) is 0.880. The fraction of sp³-hybridized carbons (Fsp3) is 0.118. The molecular weight excluding hydrogens is 527 g/mol. The summed E-state index contributed by atoms with van der Waals surface area (Å²) in [7, 11) is -9.29. The highest BCUT2D eigenvalue weighted by Crippen LogP contribution is 2.48. The second-order valence-corrected chi connectivity index (χ2v) is 12.2. The van der Waals surface area contributed by atoms with E-state index < -0.39 is 32.0 Å². The molecule has 14 heteroatoms. The highest BCUT2D eigenvalue weighted by atomic mass is 35.5. The van der Waals surface area contributed by atoms with Gasteiger partial charge in [0.25, 0.3) is 5.01 Å². The van der Waals surface area contributed by atoms with Gasteiger partial charge in [0.1, 0.15) is 20.7 Å². The van der Waals surface area contributed by atoms with E-state index in [4.69, 9.17) is 23.2 Å². The Morgan fingerprint density at radius 2 is 1.68 bits per heavy atom. The van der Waals surface area contributed by atoms with Crippen molar-refractivity contribution in [3.8, 4) is 0 Å². The predicted molar refractivity (Wildman–Crippen MR) is 119 cm³/mol. The van der Waals surface area contributed by atoms with Crippen molar-refractivity contribution in [2.24, 2.45) is 0 Å². The number of hydrogen-bond donors (Lipinski definition) is 0. The summed E-state index contributed by atoms with van der Waals surface area (Å²) in [6.45, 7) is 0. The van der Waals surface area contributed by atoms with Crippen molar-refractivity contribution in [2.75, 3.05) is 10.8 Å². The molecule has 0 fully saturated rings. The summed E-state index contributed by atoms with van der Waals surface area (Å²) >= 11 is 14.5. The molecule has 1 aliphatic rings. The Balaban J connectivity index is 1.89. The van der Waals surface area contributed by atoms with E-state index in [2.05, 4.69) is 0 Å². The molecule has 4 rings (SSSR count). The molecule has 2 aromatic carbocycles. The van der Waals surface area contributed by atoms with Gasteiger partial charge in [0.05, 0.1) is 16.8 Å². The van der Waals surface area contributed by atoms with E-state index >= 15 is 0 Å². The van der Waals surface area contributed by atoms with Crippen LogP contribution < -0.4 is 9.47 Å². The van der Waals surface area contributed by atoms with Crippen molar-refractivity contribution in [3.05, 3.63) is 56.5 Å². The molecule has 0 radical (unpaired) electrons. The van der Waals surface area contributed by atoms with E-state index in [-0.39, 0.29) is 0 Å². The van der Waals surface area contributed by atoms with Gasteiger partial charge in [-0.25, -0.2) is 16.8 Å². The van der Waals surface area contributed by atoms with Crippen LogP contribution in [0.3, 0.4) is 0 Å². The van der Waals surface area contributed by atoms with Crippen LogP contribution in [0.15, 0.2) is 46.3 Å². The second-order valence-electron chi connectivity index (χ2n) is 6.48. The number of aromatic nitrogens is 1. The molecule has 0 atom stereocenters. The number of benzene rings is 2. The number of thioether (sulfide) groups is 1. The Morgan fingerprint density at radius 1 is 1.00 bits per heavy atom. The largest absolute Gasteiger partial charge is 0.747 e. The van der Waals surface area contributed by atoms with Crippen molar-refractivity contribution in [1.29, 1.82) is 0 Å². The molecule has 0 N–H and O–H groups in total. The zero-order valence-electron chi connectivity index (χ0n) is 15.2. The maximum Gasteiger partial charge on any atom is 0.266 e. The molecule has 0 bridgehead atoms. The zero-order chi connectivity index (χ0) is 22.6. The minimum Gasteiger partial charge on any atom is -0.747 e. The number of halogens is 2. The highest BCUT2D eigenvalue weighted by molar-refractivity contribution is 8.04. The lowest BCUT2D eigenvalue weighted by Crippen LogP contribution is -2.39. The van der Waals surface area contributed by atoms with E-state index in [1.807, 2.05) is 0 Å². The molecule has 0 amide bonds. The number of thiazole rings is 1. The van der Waals surface area contributed by atoms with Gasteiger partial charge in [-0.1, -0.05) is 46.3 Å². The van der Waals surface area contributed by atoms with Crippen LogP contribution in [0.1, 0.15) is 5.01 Å². The van der Waals surface area contributed by atoms with Crippen LogP contribution in [0, 0.1) is 0 Å². The van der Waals surface area contributed by atoms with Crippen LogP contribution in [0.2, 0.25) is 10.0 Å². The third-order valence-corrected chi connectivity index (χ3v) is 8.05. The van der Waals surface area contributed by atoms with E-state index in [0.29, 0.717) is 40.9 Å². The van der Waals surface area contributed by atoms with Gasteiger partial charge in [-0.2, -0.15) is 4.57 Å². The van der Waals surface area contributed by atoms with Crippen molar-refractivity contribution in [3.63, 3.8) is 0 Å². The molecule has 8 nitrogen and oxygen atoms in total. The summed E-state index contributed by atoms with van der Waals surface area (Å²) in [5, 5.41) is 1.45. The summed E-state index contributed by atoms with van der Waals surface area (Å²) in [5.74, 6) is -1.68. The predicted octanol–water partition coefficient (Wildman–Crippen LogP) is 3.41. The molecule has 31 heavy (non-hydrogen) atoms. The van der Waals surface area contributed by atoms with Gasteiger partial charge in [-0.05, 0) is 30.3 Å². The molecule has 0 unspecified atom stereocenters. The quantitative estimate of drug-likeness (QED) is 0.358. The Bertz CT molecular complexity index is 1450. The Kier molecular flexibility index (Phi) is 6.03. The summed E-state index contributed by atoms with van der Waals surface area (Å²) < 4.78 is 71.0. The van der Waals surface area contributed by atoms with E-state index in [0.717, 1.165) is 0 Å². The molecule has 1 aromatic heterocycles. The second kappa shape index (κ2) is 8.19. The van der Waals surface area contributed by atoms with Gasteiger partial charge >= 0.3 is 0 Å². The van der Waals surface area contributed by atoms with Gasteiger partial charge < -0.3 is 14.0 Å². The number of nitrogens with zero attached hydrogens (tertiary/aromatic N) is 2. The van der Waals surface area contributed by atoms with Gasteiger partial charge in [0, 0.05) is 21.0 Å². The maximum atomic E-state index is 11.5. The van der Waals surface area contributed by atoms with Crippen LogP contribution in [0.4, 0.5) is 5.69 Å². The first kappa shape index (κ1) is 22.8. The fourth-order valence-corrected chi connectivity index (χ4v) is 6.97. The maximum absolute atomic E-state index is 11.5. The molecule has 0 saturated heterocycles. The van der Waals surface area contributed by atoms with Crippen LogP contribution in [0.25, 0.3) is 16.3 Å². The van der Waals surface area contributed by atoms with Crippen molar-refractivity contribution in [2.45, 2.75) is 10.8 Å². The van der Waals surface area contributed by atoms with Gasteiger partial charge in [0.2, 0.25) is 11.4 Å². The van der Waals surface area contributed by atoms with Gasteiger partial charge in [0.15, 0.2) is 10.1 Å². The van der Waals surface area contributed by atoms with Crippen molar-refractivity contribution >= 4 is 88.5 Å². The van der Waals surface area contributed by atoms with E-state index in [1.54, 1.807) is 24.3 Å². The molecule has 1 aliphatic heterocycles. The average molecular weight is 538 g/mol. The minimum atomic E-state index is -4.65. The lowest BCUT2D eigenvalue weighted by atomic mass is 10.3. The molecule has 2 heterocycles. The first-order chi connectivity index (χ1) is 14.4. The Labute approximate surface area is 196 Å². The number of rotatable bonds is 5. The molecule has 0 aliphatic carbocycles. The van der Waals surface area contributed by atoms with Crippen molar-refractivity contribution in [1.82, 2.24) is 0 Å². The Hall–Kier alpha value is -1.38. The lowest BCUT2D eigenvalue weighted by Gasteiger charge is -2.21. The third-order valence-electron chi connectivity index (χ3n) is 4.21. The summed E-state index contributed by atoms with van der Waals surface area (Å²) in [6.07, 6.45) is 1.54. The molecule has 164 valence electrons. The summed E-state index contributed by atoms with van der Waals surface area (Å²) in [6, 6.07) is 9.72. The molecule has 0 saturated carbocycles. The highest BCUT2D eigenvalue weighted by Gasteiger charge is 2.30. The molecule has 0 spiro atoms. The monoisotopic (exact) mass is 537 g/mol. The first-order valence-corrected chi connectivity index (χ1v) is 13.9. The first-order valence-electron chi connectivity index (χ1n) is 8.35. The van der Waals surface area contributed by atoms with Crippen LogP contribution in [-0.2, 0) is 26.1 Å². The van der Waals surface area contributed by atoms with Gasteiger partial charge in [-0.15, -0.1) is 0 Å². The number of fused-ring (bicyclic) bond motifs is 2. The number of anilines is 1. The molecule has 3 aromatic rings. The number of hydrogen-bond acceptors (Lipinski definition) is 9. The van der Waals surface area contributed by atoms with Crippen LogP contribution >= 0.6 is 46.3 Å². The van der Waals surface area contributed by atoms with Gasteiger partial charge in [-0.3, -0.25) is 0 Å². The van der Waals surface area contributed by atoms with Crippen LogP contribution in [0.5, 0.6) is 0 Å². The minimum absolute atomic E-state index is 0.359. The third kappa shape index (κ3) is 5.17. The van der Waals surface area contributed by atoms with Crippen LogP contribution in [-0.4, -0.2) is 31.8 Å². The van der Waals surface area contributed by atoms with Crippen molar-refractivity contribution < 1.29 is 30.5 Å². The Morgan fingerprint density at radius 3 is 2.35 bits per heavy atom. The zero-order valence-corrected chi connectivity index (χ0v) is 20.0. The smallest absolute Gasteiger partial charge is 0.266 e. The van der Waals surface area contributed by atoms with E-state index in [1.165, 1.54) is 50.8 Å².